The van der Waals surface area contributed by atoms with Gasteiger partial charge in [0.15, 0.2) is 0 Å². The van der Waals surface area contributed by atoms with Gasteiger partial charge in [-0.3, -0.25) is 9.59 Å². The van der Waals surface area contributed by atoms with E-state index in [1.807, 2.05) is 24.3 Å². The van der Waals surface area contributed by atoms with E-state index in [2.05, 4.69) is 10.6 Å². The van der Waals surface area contributed by atoms with E-state index in [0.29, 0.717) is 13.0 Å². The lowest BCUT2D eigenvalue weighted by Crippen LogP contribution is -2.36. The van der Waals surface area contributed by atoms with Gasteiger partial charge in [0.2, 0.25) is 5.91 Å². The Kier molecular flexibility index (Phi) is 3.04. The molecule has 2 aliphatic heterocycles. The molecule has 1 saturated heterocycles. The number of aliphatic carboxylic acids is 1. The van der Waals surface area contributed by atoms with Crippen molar-refractivity contribution in [3.05, 3.63) is 29.8 Å². The Morgan fingerprint density at radius 3 is 2.78 bits per heavy atom. The summed E-state index contributed by atoms with van der Waals surface area (Å²) in [6.07, 6.45) is 0.311. The van der Waals surface area contributed by atoms with Crippen LogP contribution >= 0.6 is 12.4 Å². The van der Waals surface area contributed by atoms with Crippen molar-refractivity contribution in [3.8, 4) is 0 Å². The number of rotatable bonds is 1. The van der Waals surface area contributed by atoms with Crippen LogP contribution in [0.15, 0.2) is 24.3 Å². The summed E-state index contributed by atoms with van der Waals surface area (Å²) in [4.78, 5) is 23.0. The summed E-state index contributed by atoms with van der Waals surface area (Å²) in [7, 11) is 0. The SMILES string of the molecule is Cl.O=C(O)C1CC2(CN1)C(=O)Nc1ccccc12. The third-order valence-electron chi connectivity index (χ3n) is 3.63. The number of carbonyl (C=O) groups is 2. The van der Waals surface area contributed by atoms with E-state index in [4.69, 9.17) is 5.11 Å². The molecule has 2 aliphatic rings. The molecule has 0 bridgehead atoms. The van der Waals surface area contributed by atoms with Crippen molar-refractivity contribution in [2.24, 2.45) is 0 Å². The number of amides is 1. The molecule has 2 atom stereocenters. The van der Waals surface area contributed by atoms with Crippen LogP contribution in [0.3, 0.4) is 0 Å². The summed E-state index contributed by atoms with van der Waals surface area (Å²) in [5, 5.41) is 14.7. The van der Waals surface area contributed by atoms with E-state index >= 15 is 0 Å². The predicted octanol–water partition coefficient (Wildman–Crippen LogP) is 0.745. The van der Waals surface area contributed by atoms with E-state index in [9.17, 15) is 9.59 Å². The number of carboxylic acids is 1. The Hall–Kier alpha value is -1.59. The third kappa shape index (κ3) is 1.59. The topological polar surface area (TPSA) is 78.4 Å². The monoisotopic (exact) mass is 268 g/mol. The molecule has 6 heteroatoms. The molecule has 1 amide bonds. The van der Waals surface area contributed by atoms with Gasteiger partial charge in [-0.15, -0.1) is 12.4 Å². The van der Waals surface area contributed by atoms with Crippen molar-refractivity contribution < 1.29 is 14.7 Å². The fourth-order valence-corrected chi connectivity index (χ4v) is 2.72. The number of halogens is 1. The fourth-order valence-electron chi connectivity index (χ4n) is 2.72. The molecule has 2 heterocycles. The van der Waals surface area contributed by atoms with Gasteiger partial charge in [0.1, 0.15) is 6.04 Å². The van der Waals surface area contributed by atoms with Gasteiger partial charge in [0.25, 0.3) is 0 Å². The van der Waals surface area contributed by atoms with Crippen LogP contribution in [0.1, 0.15) is 12.0 Å². The van der Waals surface area contributed by atoms with Crippen molar-refractivity contribution in [1.29, 1.82) is 0 Å². The second kappa shape index (κ2) is 4.26. The lowest BCUT2D eigenvalue weighted by atomic mass is 9.79. The molecule has 18 heavy (non-hydrogen) atoms. The van der Waals surface area contributed by atoms with Gasteiger partial charge in [-0.1, -0.05) is 18.2 Å². The summed E-state index contributed by atoms with van der Waals surface area (Å²) in [5.41, 5.74) is 0.992. The average Bonchev–Trinajstić information content (AvgIpc) is 2.85. The molecule has 0 aromatic heterocycles. The number of hydrogen-bond donors (Lipinski definition) is 3. The number of carbonyl (C=O) groups excluding carboxylic acids is 1. The van der Waals surface area contributed by atoms with Gasteiger partial charge >= 0.3 is 5.97 Å². The number of benzene rings is 1. The molecule has 1 spiro atoms. The standard InChI is InChI=1S/C12H12N2O3.ClH/c15-10(16)9-5-12(6-13-9)7-3-1-2-4-8(7)14-11(12)17;/h1-4,9,13H,5-6H2,(H,14,17)(H,15,16);1H. The minimum absolute atomic E-state index is 0. The van der Waals surface area contributed by atoms with E-state index in [-0.39, 0.29) is 18.3 Å². The minimum atomic E-state index is -0.904. The maximum absolute atomic E-state index is 12.1. The first-order valence-electron chi connectivity index (χ1n) is 5.51. The molecule has 1 fully saturated rings. The molecular weight excluding hydrogens is 256 g/mol. The average molecular weight is 269 g/mol. The highest BCUT2D eigenvalue weighted by Crippen LogP contribution is 2.43. The lowest BCUT2D eigenvalue weighted by molar-refractivity contribution is -0.139. The van der Waals surface area contributed by atoms with Crippen LogP contribution in [0.4, 0.5) is 5.69 Å². The molecule has 3 rings (SSSR count). The van der Waals surface area contributed by atoms with Crippen molar-refractivity contribution in [2.75, 3.05) is 11.9 Å². The molecule has 0 saturated carbocycles. The van der Waals surface area contributed by atoms with Gasteiger partial charge in [-0.25, -0.2) is 0 Å². The van der Waals surface area contributed by atoms with E-state index < -0.39 is 17.4 Å². The van der Waals surface area contributed by atoms with Crippen LogP contribution in [0.5, 0.6) is 0 Å². The molecule has 2 unspecified atom stereocenters. The maximum Gasteiger partial charge on any atom is 0.320 e. The predicted molar refractivity (Wildman–Crippen MR) is 68.0 cm³/mol. The molecule has 96 valence electrons. The summed E-state index contributed by atoms with van der Waals surface area (Å²) < 4.78 is 0. The Labute approximate surface area is 110 Å². The maximum atomic E-state index is 12.1. The van der Waals surface area contributed by atoms with Gasteiger partial charge in [0, 0.05) is 12.2 Å². The zero-order chi connectivity index (χ0) is 12.0. The van der Waals surface area contributed by atoms with Crippen LogP contribution in [0.2, 0.25) is 0 Å². The Bertz CT molecular complexity index is 520. The highest BCUT2D eigenvalue weighted by molar-refractivity contribution is 6.07. The molecule has 1 aromatic carbocycles. The smallest absolute Gasteiger partial charge is 0.320 e. The Morgan fingerprint density at radius 2 is 2.11 bits per heavy atom. The Balaban J connectivity index is 0.00000120. The number of para-hydroxylation sites is 1. The fraction of sp³-hybridized carbons (Fsp3) is 0.333. The largest absolute Gasteiger partial charge is 0.480 e. The number of fused-ring (bicyclic) bond motifs is 2. The van der Waals surface area contributed by atoms with Crippen LogP contribution in [-0.4, -0.2) is 29.6 Å². The van der Waals surface area contributed by atoms with Crippen molar-refractivity contribution in [1.82, 2.24) is 5.32 Å². The molecule has 3 N–H and O–H groups in total. The first-order valence-corrected chi connectivity index (χ1v) is 5.51. The van der Waals surface area contributed by atoms with Crippen LogP contribution in [0, 0.1) is 0 Å². The van der Waals surface area contributed by atoms with Gasteiger partial charge in [0.05, 0.1) is 5.41 Å². The Morgan fingerprint density at radius 1 is 1.39 bits per heavy atom. The first kappa shape index (κ1) is 12.9. The number of hydrogen-bond acceptors (Lipinski definition) is 3. The number of anilines is 1. The highest BCUT2D eigenvalue weighted by atomic mass is 35.5. The number of carboxylic acid groups (broad SMARTS) is 1. The van der Waals surface area contributed by atoms with Crippen LogP contribution in [0.25, 0.3) is 0 Å². The van der Waals surface area contributed by atoms with Crippen molar-refractivity contribution >= 4 is 30.0 Å². The molecule has 0 radical (unpaired) electrons. The third-order valence-corrected chi connectivity index (χ3v) is 3.63. The van der Waals surface area contributed by atoms with Crippen LogP contribution < -0.4 is 10.6 Å². The molecule has 1 aromatic rings. The van der Waals surface area contributed by atoms with E-state index in [1.165, 1.54) is 0 Å². The lowest BCUT2D eigenvalue weighted by Gasteiger charge is -2.19. The summed E-state index contributed by atoms with van der Waals surface area (Å²) in [6.45, 7) is 0.382. The summed E-state index contributed by atoms with van der Waals surface area (Å²) >= 11 is 0. The van der Waals surface area contributed by atoms with Crippen LogP contribution in [-0.2, 0) is 15.0 Å². The van der Waals surface area contributed by atoms with Gasteiger partial charge < -0.3 is 15.7 Å². The highest BCUT2D eigenvalue weighted by Gasteiger charge is 2.52. The van der Waals surface area contributed by atoms with Gasteiger partial charge in [-0.2, -0.15) is 0 Å². The quantitative estimate of drug-likeness (QED) is 0.702. The second-order valence-electron chi connectivity index (χ2n) is 4.56. The minimum Gasteiger partial charge on any atom is -0.480 e. The molecule has 0 aliphatic carbocycles. The van der Waals surface area contributed by atoms with Gasteiger partial charge in [-0.05, 0) is 18.1 Å². The normalized spacial score (nSPS) is 28.7. The summed E-state index contributed by atoms with van der Waals surface area (Å²) in [6, 6.07) is 6.81. The zero-order valence-corrected chi connectivity index (χ0v) is 10.3. The summed E-state index contributed by atoms with van der Waals surface area (Å²) in [5.74, 6) is -1.01. The van der Waals surface area contributed by atoms with E-state index in [0.717, 1.165) is 11.3 Å². The van der Waals surface area contributed by atoms with E-state index in [1.54, 1.807) is 0 Å². The molecule has 5 nitrogen and oxygen atoms in total. The number of nitrogens with one attached hydrogen (secondary N) is 2. The second-order valence-corrected chi connectivity index (χ2v) is 4.56. The van der Waals surface area contributed by atoms with Crippen molar-refractivity contribution in [2.45, 2.75) is 17.9 Å². The molecular formula is C12H13ClN2O3. The zero-order valence-electron chi connectivity index (χ0n) is 9.47. The first-order chi connectivity index (χ1) is 8.13. The van der Waals surface area contributed by atoms with Crippen molar-refractivity contribution in [3.63, 3.8) is 0 Å².